The van der Waals surface area contributed by atoms with Gasteiger partial charge < -0.3 is 20.7 Å². The molecule has 3 fully saturated rings. The van der Waals surface area contributed by atoms with E-state index < -0.39 is 5.82 Å². The Morgan fingerprint density at radius 1 is 1.11 bits per heavy atom. The van der Waals surface area contributed by atoms with E-state index in [1.54, 1.807) is 10.6 Å². The lowest BCUT2D eigenvalue weighted by Gasteiger charge is -2.34. The summed E-state index contributed by atoms with van der Waals surface area (Å²) in [5.41, 5.74) is 6.97. The number of aromatic nitrogens is 5. The summed E-state index contributed by atoms with van der Waals surface area (Å²) in [7, 11) is 1.50. The van der Waals surface area contributed by atoms with Gasteiger partial charge in [-0.25, -0.2) is 14.4 Å². The Morgan fingerprint density at radius 3 is 2.58 bits per heavy atom. The Kier molecular flexibility index (Phi) is 4.90. The van der Waals surface area contributed by atoms with E-state index in [-0.39, 0.29) is 28.4 Å². The molecule has 10 nitrogen and oxygen atoms in total. The second-order valence-corrected chi connectivity index (χ2v) is 10.8. The zero-order valence-electron chi connectivity index (χ0n) is 19.7. The molecule has 2 unspecified atom stereocenters. The van der Waals surface area contributed by atoms with E-state index in [0.29, 0.717) is 44.9 Å². The number of methoxy groups -OCH3 is 1. The van der Waals surface area contributed by atoms with Crippen molar-refractivity contribution >= 4 is 43.5 Å². The van der Waals surface area contributed by atoms with Gasteiger partial charge in [-0.1, -0.05) is 11.3 Å². The molecule has 4 aromatic rings. The molecule has 7 rings (SSSR count). The third-order valence-electron chi connectivity index (χ3n) is 7.61. The van der Waals surface area contributed by atoms with Crippen LogP contribution in [0, 0.1) is 5.82 Å². The van der Waals surface area contributed by atoms with Crippen LogP contribution in [0.3, 0.4) is 0 Å². The molecular weight excluding hydrogens is 483 g/mol. The zero-order valence-corrected chi connectivity index (χ0v) is 20.5. The average Bonchev–Trinajstić information content (AvgIpc) is 3.40. The highest BCUT2D eigenvalue weighted by Crippen LogP contribution is 2.39. The van der Waals surface area contributed by atoms with E-state index >= 15 is 0 Å². The van der Waals surface area contributed by atoms with E-state index in [2.05, 4.69) is 25.2 Å². The number of nitrogens with zero attached hydrogens (tertiary/aromatic N) is 6. The Balaban J connectivity index is 1.51. The molecule has 1 aromatic carbocycles. The van der Waals surface area contributed by atoms with E-state index in [1.807, 2.05) is 0 Å². The number of hydrogen-bond donors (Lipinski definition) is 2. The first-order chi connectivity index (χ1) is 17.5. The maximum absolute atomic E-state index is 14.6. The number of hydrogen-bond acceptors (Lipinski definition) is 10. The standard InChI is InChI=1S/C24H25FN8O2S/c1-35-24-30-19-16(21(31-24)32-9-11-5-6-12(10-32)27-11)22(34)33(13-3-2-4-13)20(29-19)14-7-8-15(25)18-17(14)28-23(26)36-18/h7-8,11-13,27H,2-6,9-10H2,1H3,(H2,26,28). The summed E-state index contributed by atoms with van der Waals surface area (Å²) in [5, 5.41) is 4.27. The predicted molar refractivity (Wildman–Crippen MR) is 136 cm³/mol. The van der Waals surface area contributed by atoms with Crippen LogP contribution in [-0.2, 0) is 0 Å². The van der Waals surface area contributed by atoms with Crippen LogP contribution < -0.4 is 26.2 Å². The van der Waals surface area contributed by atoms with Crippen molar-refractivity contribution < 1.29 is 9.13 Å². The minimum absolute atomic E-state index is 0.00496. The van der Waals surface area contributed by atoms with Crippen LogP contribution in [0.25, 0.3) is 32.6 Å². The minimum atomic E-state index is -0.402. The normalized spacial score (nSPS) is 21.9. The second kappa shape index (κ2) is 8.07. The number of anilines is 2. The Bertz CT molecular complexity index is 1570. The van der Waals surface area contributed by atoms with Crippen LogP contribution in [0.2, 0.25) is 0 Å². The largest absolute Gasteiger partial charge is 0.467 e. The summed E-state index contributed by atoms with van der Waals surface area (Å²) in [5.74, 6) is 0.579. The fourth-order valence-electron chi connectivity index (χ4n) is 5.70. The van der Waals surface area contributed by atoms with Crippen molar-refractivity contribution in [2.45, 2.75) is 50.2 Å². The molecule has 3 aromatic heterocycles. The molecule has 186 valence electrons. The molecule has 0 amide bonds. The van der Waals surface area contributed by atoms with Crippen molar-refractivity contribution in [3.05, 3.63) is 28.3 Å². The molecule has 3 aliphatic rings. The van der Waals surface area contributed by atoms with Gasteiger partial charge in [0.15, 0.2) is 16.6 Å². The van der Waals surface area contributed by atoms with Gasteiger partial charge in [-0.3, -0.25) is 9.36 Å². The Labute approximate surface area is 209 Å². The number of nitrogens with one attached hydrogen (secondary N) is 1. The van der Waals surface area contributed by atoms with Gasteiger partial charge in [-0.2, -0.15) is 9.97 Å². The highest BCUT2D eigenvalue weighted by atomic mass is 32.1. The van der Waals surface area contributed by atoms with Crippen molar-refractivity contribution in [2.75, 3.05) is 30.8 Å². The minimum Gasteiger partial charge on any atom is -0.467 e. The lowest BCUT2D eigenvalue weighted by molar-refractivity contribution is 0.308. The number of piperazine rings is 1. The number of ether oxygens (including phenoxy) is 1. The smallest absolute Gasteiger partial charge is 0.320 e. The average molecular weight is 509 g/mol. The van der Waals surface area contributed by atoms with E-state index in [4.69, 9.17) is 15.5 Å². The number of thiazole rings is 1. The molecule has 2 saturated heterocycles. The molecular formula is C24H25FN8O2S. The summed E-state index contributed by atoms with van der Waals surface area (Å²) in [6, 6.07) is 3.87. The first-order valence-electron chi connectivity index (χ1n) is 12.2. The number of halogens is 1. The van der Waals surface area contributed by atoms with Crippen LogP contribution >= 0.6 is 11.3 Å². The van der Waals surface area contributed by atoms with Gasteiger partial charge in [-0.05, 0) is 44.2 Å². The highest BCUT2D eigenvalue weighted by molar-refractivity contribution is 7.22. The molecule has 12 heteroatoms. The maximum Gasteiger partial charge on any atom is 0.320 e. The molecule has 3 N–H and O–H groups in total. The van der Waals surface area contributed by atoms with Crippen LogP contribution in [0.4, 0.5) is 15.3 Å². The van der Waals surface area contributed by atoms with Gasteiger partial charge in [0, 0.05) is 36.8 Å². The molecule has 2 aliphatic heterocycles. The fraction of sp³-hybridized carbons (Fsp3) is 0.458. The first-order valence-corrected chi connectivity index (χ1v) is 13.1. The SMILES string of the molecule is COc1nc(N2CC3CCC(C2)N3)c2c(=O)n(C3CCC3)c(-c3ccc(F)c4sc(N)nc34)nc2n1. The summed E-state index contributed by atoms with van der Waals surface area (Å²) in [6.45, 7) is 1.51. The summed E-state index contributed by atoms with van der Waals surface area (Å²) < 4.78 is 22.1. The van der Waals surface area contributed by atoms with Crippen molar-refractivity contribution in [3.8, 4) is 17.4 Å². The molecule has 2 atom stereocenters. The third-order valence-corrected chi connectivity index (χ3v) is 8.51. The number of fused-ring (bicyclic) bond motifs is 4. The third kappa shape index (κ3) is 3.27. The van der Waals surface area contributed by atoms with Crippen molar-refractivity contribution in [1.82, 2.24) is 29.8 Å². The molecule has 36 heavy (non-hydrogen) atoms. The zero-order chi connectivity index (χ0) is 24.6. The van der Waals surface area contributed by atoms with Gasteiger partial charge in [0.1, 0.15) is 17.0 Å². The molecule has 1 saturated carbocycles. The number of benzene rings is 1. The quantitative estimate of drug-likeness (QED) is 0.428. The van der Waals surface area contributed by atoms with Crippen LogP contribution in [-0.4, -0.2) is 56.8 Å². The van der Waals surface area contributed by atoms with Gasteiger partial charge >= 0.3 is 6.01 Å². The maximum atomic E-state index is 14.6. The molecule has 5 heterocycles. The summed E-state index contributed by atoms with van der Waals surface area (Å²) in [4.78, 5) is 34.8. The van der Waals surface area contributed by atoms with E-state index in [1.165, 1.54) is 13.2 Å². The van der Waals surface area contributed by atoms with Crippen LogP contribution in [0.15, 0.2) is 16.9 Å². The summed E-state index contributed by atoms with van der Waals surface area (Å²) in [6.07, 6.45) is 4.98. The Morgan fingerprint density at radius 2 is 1.89 bits per heavy atom. The van der Waals surface area contributed by atoms with Crippen LogP contribution in [0.1, 0.15) is 38.1 Å². The predicted octanol–water partition coefficient (Wildman–Crippen LogP) is 2.86. The Hall–Kier alpha value is -3.38. The monoisotopic (exact) mass is 508 g/mol. The number of nitrogens with two attached hydrogens (primary N) is 1. The first kappa shape index (κ1) is 21.9. The van der Waals surface area contributed by atoms with E-state index in [0.717, 1.165) is 56.5 Å². The molecule has 0 radical (unpaired) electrons. The molecule has 0 spiro atoms. The van der Waals surface area contributed by atoms with Crippen molar-refractivity contribution in [3.63, 3.8) is 0 Å². The number of rotatable bonds is 4. The summed E-state index contributed by atoms with van der Waals surface area (Å²) >= 11 is 1.08. The molecule has 1 aliphatic carbocycles. The second-order valence-electron chi connectivity index (χ2n) is 9.80. The number of nitrogen functional groups attached to an aromatic ring is 1. The van der Waals surface area contributed by atoms with Gasteiger partial charge in [0.25, 0.3) is 5.56 Å². The van der Waals surface area contributed by atoms with Gasteiger partial charge in [-0.15, -0.1) is 0 Å². The fourth-order valence-corrected chi connectivity index (χ4v) is 6.46. The van der Waals surface area contributed by atoms with Crippen molar-refractivity contribution in [1.29, 1.82) is 0 Å². The van der Waals surface area contributed by atoms with Gasteiger partial charge in [0.05, 0.1) is 17.3 Å². The van der Waals surface area contributed by atoms with E-state index in [9.17, 15) is 9.18 Å². The highest BCUT2D eigenvalue weighted by Gasteiger charge is 2.35. The van der Waals surface area contributed by atoms with Crippen molar-refractivity contribution in [2.24, 2.45) is 0 Å². The molecule has 2 bridgehead atoms. The van der Waals surface area contributed by atoms with Crippen LogP contribution in [0.5, 0.6) is 6.01 Å². The lowest BCUT2D eigenvalue weighted by Crippen LogP contribution is -2.51. The topological polar surface area (TPSA) is 124 Å². The lowest BCUT2D eigenvalue weighted by atomic mass is 9.92. The van der Waals surface area contributed by atoms with Gasteiger partial charge in [0.2, 0.25) is 0 Å².